The zero-order valence-corrected chi connectivity index (χ0v) is 10.7. The lowest BCUT2D eigenvalue weighted by molar-refractivity contribution is 0.538. The van der Waals surface area contributed by atoms with Gasteiger partial charge in [0.15, 0.2) is 9.84 Å². The molecule has 5 nitrogen and oxygen atoms in total. The van der Waals surface area contributed by atoms with Gasteiger partial charge in [-0.2, -0.15) is 0 Å². The lowest BCUT2D eigenvalue weighted by Crippen LogP contribution is -2.23. The van der Waals surface area contributed by atoms with Crippen LogP contribution < -0.4 is 5.73 Å². The molecule has 0 saturated carbocycles. The molecule has 18 heavy (non-hydrogen) atoms. The van der Waals surface area contributed by atoms with Gasteiger partial charge >= 0.3 is 0 Å². The van der Waals surface area contributed by atoms with Crippen LogP contribution in [0.2, 0.25) is 0 Å². The fourth-order valence-electron chi connectivity index (χ4n) is 2.55. The second-order valence-corrected chi connectivity index (χ2v) is 6.99. The van der Waals surface area contributed by atoms with Crippen LogP contribution in [0.4, 0.5) is 5.69 Å². The minimum Gasteiger partial charge on any atom is -0.397 e. The van der Waals surface area contributed by atoms with Crippen LogP contribution in [0.1, 0.15) is 30.3 Å². The Bertz CT molecular complexity index is 690. The number of anilines is 1. The molecule has 0 bridgehead atoms. The van der Waals surface area contributed by atoms with Gasteiger partial charge in [-0.3, -0.25) is 0 Å². The first-order valence-corrected chi connectivity index (χ1v) is 7.74. The number of fused-ring (bicyclic) bond motifs is 1. The van der Waals surface area contributed by atoms with Gasteiger partial charge in [-0.15, -0.1) is 0 Å². The molecule has 2 aromatic rings. The van der Waals surface area contributed by atoms with E-state index in [4.69, 9.17) is 5.73 Å². The molecule has 0 radical (unpaired) electrons. The van der Waals surface area contributed by atoms with Gasteiger partial charge in [-0.25, -0.2) is 13.4 Å². The monoisotopic (exact) mass is 265 g/mol. The first kappa shape index (κ1) is 11.5. The summed E-state index contributed by atoms with van der Waals surface area (Å²) in [6, 6.07) is 3.60. The molecule has 3 heterocycles. The summed E-state index contributed by atoms with van der Waals surface area (Å²) in [5.74, 6) is 0.853. The van der Waals surface area contributed by atoms with Gasteiger partial charge in [0.1, 0.15) is 11.1 Å². The van der Waals surface area contributed by atoms with E-state index >= 15 is 0 Å². The Kier molecular flexibility index (Phi) is 2.55. The molecule has 3 rings (SSSR count). The van der Waals surface area contributed by atoms with E-state index in [1.165, 1.54) is 0 Å². The van der Waals surface area contributed by atoms with Crippen molar-refractivity contribution in [3.8, 4) is 0 Å². The summed E-state index contributed by atoms with van der Waals surface area (Å²) in [6.45, 7) is 0. The van der Waals surface area contributed by atoms with E-state index in [0.29, 0.717) is 17.9 Å². The van der Waals surface area contributed by atoms with Crippen LogP contribution in [-0.4, -0.2) is 23.6 Å². The first-order valence-electron chi connectivity index (χ1n) is 6.02. The summed E-state index contributed by atoms with van der Waals surface area (Å²) in [6.07, 6.45) is 5.80. The van der Waals surface area contributed by atoms with Crippen molar-refractivity contribution in [2.75, 3.05) is 11.5 Å². The fourth-order valence-corrected chi connectivity index (χ4v) is 4.46. The molecule has 0 aliphatic carbocycles. The molecule has 2 aromatic heterocycles. The average molecular weight is 265 g/mol. The van der Waals surface area contributed by atoms with E-state index < -0.39 is 15.1 Å². The molecule has 1 atom stereocenters. The average Bonchev–Trinajstić information content (AvgIpc) is 2.74. The molecule has 1 aliphatic heterocycles. The van der Waals surface area contributed by atoms with Crippen molar-refractivity contribution in [1.29, 1.82) is 0 Å². The molecule has 0 amide bonds. The summed E-state index contributed by atoms with van der Waals surface area (Å²) in [5, 5.41) is -0.490. The smallest absolute Gasteiger partial charge is 0.160 e. The van der Waals surface area contributed by atoms with E-state index in [-0.39, 0.29) is 5.75 Å². The molecule has 1 unspecified atom stereocenters. The number of imidazole rings is 1. The molecule has 1 fully saturated rings. The largest absolute Gasteiger partial charge is 0.397 e. The molecular weight excluding hydrogens is 250 g/mol. The summed E-state index contributed by atoms with van der Waals surface area (Å²) < 4.78 is 26.0. The van der Waals surface area contributed by atoms with E-state index in [0.717, 1.165) is 18.4 Å². The highest BCUT2D eigenvalue weighted by Crippen LogP contribution is 2.33. The van der Waals surface area contributed by atoms with Gasteiger partial charge in [0.05, 0.1) is 23.2 Å². The third-order valence-corrected chi connectivity index (χ3v) is 5.67. The fraction of sp³-hybridized carbons (Fsp3) is 0.417. The predicted octanol–water partition coefficient (Wildman–Crippen LogP) is 1.56. The Morgan fingerprint density at radius 1 is 1.39 bits per heavy atom. The van der Waals surface area contributed by atoms with Gasteiger partial charge in [0.2, 0.25) is 0 Å². The van der Waals surface area contributed by atoms with Crippen molar-refractivity contribution in [3.05, 3.63) is 30.4 Å². The highest BCUT2D eigenvalue weighted by molar-refractivity contribution is 7.91. The number of nitrogen functional groups attached to an aromatic ring is 1. The minimum absolute atomic E-state index is 0.259. The molecule has 1 saturated heterocycles. The number of sulfone groups is 1. The Morgan fingerprint density at radius 3 is 3.00 bits per heavy atom. The Balaban J connectivity index is 2.17. The molecule has 0 spiro atoms. The van der Waals surface area contributed by atoms with Crippen LogP contribution in [0.5, 0.6) is 0 Å². The zero-order chi connectivity index (χ0) is 12.8. The SMILES string of the molecule is Nc1cccn2c(C3CCCCS3(=O)=O)ncc12. The van der Waals surface area contributed by atoms with Crippen LogP contribution in [0.3, 0.4) is 0 Å². The third-order valence-electron chi connectivity index (χ3n) is 3.50. The van der Waals surface area contributed by atoms with Crippen LogP contribution in [-0.2, 0) is 9.84 Å². The van der Waals surface area contributed by atoms with Crippen LogP contribution >= 0.6 is 0 Å². The summed E-state index contributed by atoms with van der Waals surface area (Å²) in [7, 11) is -3.07. The molecule has 2 N–H and O–H groups in total. The Hall–Kier alpha value is -1.56. The maximum absolute atomic E-state index is 12.1. The van der Waals surface area contributed by atoms with Crippen LogP contribution in [0.25, 0.3) is 5.52 Å². The topological polar surface area (TPSA) is 77.5 Å². The van der Waals surface area contributed by atoms with Crippen molar-refractivity contribution >= 4 is 21.0 Å². The molecule has 6 heteroatoms. The summed E-state index contributed by atoms with van der Waals surface area (Å²) in [4.78, 5) is 4.28. The maximum atomic E-state index is 12.1. The Morgan fingerprint density at radius 2 is 2.22 bits per heavy atom. The van der Waals surface area contributed by atoms with E-state index in [1.807, 2.05) is 12.3 Å². The van der Waals surface area contributed by atoms with Gasteiger partial charge in [-0.1, -0.05) is 6.42 Å². The zero-order valence-electron chi connectivity index (χ0n) is 9.91. The third kappa shape index (κ3) is 1.68. The lowest BCUT2D eigenvalue weighted by atomic mass is 10.2. The number of aromatic nitrogens is 2. The molecular formula is C12H15N3O2S. The number of rotatable bonds is 1. The molecule has 96 valence electrons. The number of nitrogens with two attached hydrogens (primary N) is 1. The van der Waals surface area contributed by atoms with Crippen molar-refractivity contribution in [1.82, 2.24) is 9.38 Å². The maximum Gasteiger partial charge on any atom is 0.160 e. The van der Waals surface area contributed by atoms with E-state index in [1.54, 1.807) is 16.7 Å². The van der Waals surface area contributed by atoms with Crippen LogP contribution in [0.15, 0.2) is 24.5 Å². The first-order chi connectivity index (χ1) is 8.59. The van der Waals surface area contributed by atoms with Gasteiger partial charge in [0.25, 0.3) is 0 Å². The predicted molar refractivity (Wildman–Crippen MR) is 70.0 cm³/mol. The second-order valence-electron chi connectivity index (χ2n) is 4.69. The lowest BCUT2D eigenvalue weighted by Gasteiger charge is -2.21. The summed E-state index contributed by atoms with van der Waals surface area (Å²) in [5.41, 5.74) is 7.24. The number of pyridine rings is 1. The van der Waals surface area contributed by atoms with Crippen LogP contribution in [0, 0.1) is 0 Å². The van der Waals surface area contributed by atoms with Gasteiger partial charge < -0.3 is 10.1 Å². The van der Waals surface area contributed by atoms with Crippen molar-refractivity contribution in [3.63, 3.8) is 0 Å². The normalized spacial score (nSPS) is 23.2. The van der Waals surface area contributed by atoms with E-state index in [2.05, 4.69) is 4.98 Å². The minimum atomic E-state index is -3.07. The second kappa shape index (κ2) is 3.98. The summed E-state index contributed by atoms with van der Waals surface area (Å²) >= 11 is 0. The van der Waals surface area contributed by atoms with Crippen molar-refractivity contribution in [2.45, 2.75) is 24.5 Å². The quantitative estimate of drug-likeness (QED) is 0.848. The van der Waals surface area contributed by atoms with Gasteiger partial charge in [-0.05, 0) is 25.0 Å². The molecule has 0 aromatic carbocycles. The van der Waals surface area contributed by atoms with E-state index in [9.17, 15) is 8.42 Å². The number of hydrogen-bond donors (Lipinski definition) is 1. The highest BCUT2D eigenvalue weighted by atomic mass is 32.2. The number of nitrogens with zero attached hydrogens (tertiary/aromatic N) is 2. The molecule has 1 aliphatic rings. The Labute approximate surface area is 106 Å². The standard InChI is InChI=1S/C12H15N3O2S/c13-9-4-3-6-15-10(9)8-14-12(15)11-5-1-2-7-18(11,16)17/h3-4,6,8,11H,1-2,5,7,13H2. The van der Waals surface area contributed by atoms with Crippen molar-refractivity contribution in [2.24, 2.45) is 0 Å². The highest BCUT2D eigenvalue weighted by Gasteiger charge is 2.33. The number of hydrogen-bond acceptors (Lipinski definition) is 4. The van der Waals surface area contributed by atoms with Gasteiger partial charge in [0, 0.05) is 6.20 Å². The van der Waals surface area contributed by atoms with Crippen molar-refractivity contribution < 1.29 is 8.42 Å².